The van der Waals surface area contributed by atoms with E-state index in [1.54, 1.807) is 12.1 Å². The van der Waals surface area contributed by atoms with Gasteiger partial charge in [0.25, 0.3) is 5.91 Å². The number of esters is 1. The maximum Gasteiger partial charge on any atom is 0.337 e. The second-order valence-electron chi connectivity index (χ2n) is 4.52. The van der Waals surface area contributed by atoms with Gasteiger partial charge < -0.3 is 19.5 Å². The number of carbonyl (C=O) groups excluding carboxylic acids is 2. The number of hydrogen-bond acceptors (Lipinski definition) is 5. The van der Waals surface area contributed by atoms with Crippen molar-refractivity contribution in [3.8, 4) is 11.5 Å². The van der Waals surface area contributed by atoms with Crippen molar-refractivity contribution in [2.45, 2.75) is 26.3 Å². The molecule has 1 amide bonds. The van der Waals surface area contributed by atoms with Crippen LogP contribution in [0.2, 0.25) is 0 Å². The van der Waals surface area contributed by atoms with Crippen molar-refractivity contribution in [3.63, 3.8) is 0 Å². The summed E-state index contributed by atoms with van der Waals surface area (Å²) in [5, 5.41) is 2.80. The molecule has 0 aliphatic heterocycles. The molecule has 0 aliphatic rings. The molecule has 1 aromatic carbocycles. The van der Waals surface area contributed by atoms with Gasteiger partial charge in [0.2, 0.25) is 0 Å². The van der Waals surface area contributed by atoms with Crippen LogP contribution in [-0.4, -0.2) is 38.7 Å². The van der Waals surface area contributed by atoms with Gasteiger partial charge in [-0.25, -0.2) is 4.79 Å². The van der Waals surface area contributed by atoms with Gasteiger partial charge in [0.05, 0.1) is 19.8 Å². The summed E-state index contributed by atoms with van der Waals surface area (Å²) >= 11 is 0. The summed E-state index contributed by atoms with van der Waals surface area (Å²) in [7, 11) is 2.76. The van der Waals surface area contributed by atoms with E-state index in [-0.39, 0.29) is 18.6 Å². The van der Waals surface area contributed by atoms with Crippen LogP contribution < -0.4 is 14.8 Å². The molecule has 6 heteroatoms. The van der Waals surface area contributed by atoms with Gasteiger partial charge in [-0.2, -0.15) is 0 Å². The van der Waals surface area contributed by atoms with Crippen molar-refractivity contribution in [1.29, 1.82) is 0 Å². The van der Waals surface area contributed by atoms with Crippen LogP contribution in [0.15, 0.2) is 18.2 Å². The molecule has 116 valence electrons. The van der Waals surface area contributed by atoms with Crippen molar-refractivity contribution in [1.82, 2.24) is 5.32 Å². The van der Waals surface area contributed by atoms with Crippen LogP contribution in [0.1, 0.15) is 30.6 Å². The van der Waals surface area contributed by atoms with E-state index in [9.17, 15) is 9.59 Å². The second kappa shape index (κ2) is 8.14. The number of amides is 1. The van der Waals surface area contributed by atoms with E-state index in [4.69, 9.17) is 9.47 Å². The zero-order chi connectivity index (χ0) is 15.8. The van der Waals surface area contributed by atoms with E-state index in [1.807, 2.05) is 13.8 Å². The predicted octanol–water partition coefficient (Wildman–Crippen LogP) is 1.78. The summed E-state index contributed by atoms with van der Waals surface area (Å²) in [6.07, 6.45) is 0.850. The maximum absolute atomic E-state index is 11.7. The van der Waals surface area contributed by atoms with Gasteiger partial charge in [-0.3, -0.25) is 4.79 Å². The molecular formula is C15H21NO5. The minimum Gasteiger partial charge on any atom is -0.493 e. The molecule has 0 heterocycles. The van der Waals surface area contributed by atoms with E-state index < -0.39 is 5.97 Å². The first-order valence-corrected chi connectivity index (χ1v) is 6.70. The molecule has 0 saturated carbocycles. The van der Waals surface area contributed by atoms with E-state index in [1.165, 1.54) is 20.3 Å². The van der Waals surface area contributed by atoms with E-state index in [2.05, 4.69) is 10.1 Å². The monoisotopic (exact) mass is 295 g/mol. The average Bonchev–Trinajstić information content (AvgIpc) is 2.51. The number of hydrogen-bond donors (Lipinski definition) is 1. The summed E-state index contributed by atoms with van der Waals surface area (Å²) in [6.45, 7) is 3.79. The Hall–Kier alpha value is -2.24. The van der Waals surface area contributed by atoms with Gasteiger partial charge >= 0.3 is 5.97 Å². The van der Waals surface area contributed by atoms with Crippen LogP contribution >= 0.6 is 0 Å². The lowest BCUT2D eigenvalue weighted by Crippen LogP contribution is -2.35. The van der Waals surface area contributed by atoms with E-state index in [0.717, 1.165) is 6.42 Å². The Morgan fingerprint density at radius 2 is 1.95 bits per heavy atom. The van der Waals surface area contributed by atoms with Gasteiger partial charge in [-0.1, -0.05) is 6.92 Å². The molecule has 1 N–H and O–H groups in total. The highest BCUT2D eigenvalue weighted by atomic mass is 16.5. The van der Waals surface area contributed by atoms with Gasteiger partial charge in [-0.05, 0) is 31.5 Å². The fourth-order valence-corrected chi connectivity index (χ4v) is 1.59. The molecule has 0 unspecified atom stereocenters. The molecule has 0 spiro atoms. The number of carbonyl (C=O) groups is 2. The molecule has 1 rings (SSSR count). The molecule has 1 atom stereocenters. The Morgan fingerprint density at radius 1 is 1.24 bits per heavy atom. The topological polar surface area (TPSA) is 73.9 Å². The highest BCUT2D eigenvalue weighted by molar-refractivity contribution is 5.90. The summed E-state index contributed by atoms with van der Waals surface area (Å²) in [5.41, 5.74) is 0.353. The van der Waals surface area contributed by atoms with Crippen LogP contribution in [-0.2, 0) is 9.53 Å². The molecular weight excluding hydrogens is 274 g/mol. The zero-order valence-corrected chi connectivity index (χ0v) is 12.8. The fraction of sp³-hybridized carbons (Fsp3) is 0.467. The molecule has 0 radical (unpaired) electrons. The van der Waals surface area contributed by atoms with Crippen molar-refractivity contribution in [3.05, 3.63) is 23.8 Å². The number of ether oxygens (including phenoxy) is 3. The molecule has 0 fully saturated rings. The lowest BCUT2D eigenvalue weighted by Gasteiger charge is -2.14. The standard InChI is InChI=1S/C15H21NO5/c1-5-10(2)16-14(17)9-21-12-7-6-11(15(18)20-4)8-13(12)19-3/h6-8,10H,5,9H2,1-4H3,(H,16,17)/t10-/m0/s1. The van der Waals surface area contributed by atoms with E-state index >= 15 is 0 Å². The highest BCUT2D eigenvalue weighted by Gasteiger charge is 2.13. The van der Waals surface area contributed by atoms with Crippen LogP contribution in [0.25, 0.3) is 0 Å². The SMILES string of the molecule is CC[C@H](C)NC(=O)COc1ccc(C(=O)OC)cc1OC. The number of methoxy groups -OCH3 is 2. The predicted molar refractivity (Wildman–Crippen MR) is 77.7 cm³/mol. The first-order valence-electron chi connectivity index (χ1n) is 6.70. The van der Waals surface area contributed by atoms with Crippen LogP contribution in [0.5, 0.6) is 11.5 Å². The summed E-state index contributed by atoms with van der Waals surface area (Å²) in [4.78, 5) is 23.1. The first-order chi connectivity index (χ1) is 10.0. The Labute approximate surface area is 124 Å². The lowest BCUT2D eigenvalue weighted by atomic mass is 10.2. The number of nitrogens with one attached hydrogen (secondary N) is 1. The lowest BCUT2D eigenvalue weighted by molar-refractivity contribution is -0.123. The third-order valence-corrected chi connectivity index (χ3v) is 2.96. The average molecular weight is 295 g/mol. The Balaban J connectivity index is 2.71. The minimum atomic E-state index is -0.464. The molecule has 21 heavy (non-hydrogen) atoms. The summed E-state index contributed by atoms with van der Waals surface area (Å²) in [6, 6.07) is 4.73. The van der Waals surface area contributed by atoms with Crippen LogP contribution in [0.4, 0.5) is 0 Å². The molecule has 0 bridgehead atoms. The molecule has 0 aromatic heterocycles. The molecule has 6 nitrogen and oxygen atoms in total. The first kappa shape index (κ1) is 16.8. The fourth-order valence-electron chi connectivity index (χ4n) is 1.59. The van der Waals surface area contributed by atoms with Crippen molar-refractivity contribution in [2.24, 2.45) is 0 Å². The van der Waals surface area contributed by atoms with Crippen LogP contribution in [0.3, 0.4) is 0 Å². The number of benzene rings is 1. The third-order valence-electron chi connectivity index (χ3n) is 2.96. The highest BCUT2D eigenvalue weighted by Crippen LogP contribution is 2.28. The van der Waals surface area contributed by atoms with Gasteiger partial charge in [0, 0.05) is 6.04 Å². The van der Waals surface area contributed by atoms with Gasteiger partial charge in [0.15, 0.2) is 18.1 Å². The Kier molecular flexibility index (Phi) is 6.52. The Morgan fingerprint density at radius 3 is 2.52 bits per heavy atom. The quantitative estimate of drug-likeness (QED) is 0.776. The van der Waals surface area contributed by atoms with Gasteiger partial charge in [-0.15, -0.1) is 0 Å². The van der Waals surface area contributed by atoms with Crippen LogP contribution in [0, 0.1) is 0 Å². The third kappa shape index (κ3) is 4.98. The normalized spacial score (nSPS) is 11.4. The molecule has 0 aliphatic carbocycles. The van der Waals surface area contributed by atoms with Crippen molar-refractivity contribution >= 4 is 11.9 Å². The molecule has 1 aromatic rings. The Bertz CT molecular complexity index is 501. The zero-order valence-electron chi connectivity index (χ0n) is 12.8. The summed E-state index contributed by atoms with van der Waals surface area (Å²) < 4.78 is 15.2. The molecule has 0 saturated heterocycles. The maximum atomic E-state index is 11.7. The van der Waals surface area contributed by atoms with Crippen molar-refractivity contribution in [2.75, 3.05) is 20.8 Å². The minimum absolute atomic E-state index is 0.102. The number of rotatable bonds is 7. The van der Waals surface area contributed by atoms with Gasteiger partial charge in [0.1, 0.15) is 0 Å². The van der Waals surface area contributed by atoms with Crippen molar-refractivity contribution < 1.29 is 23.8 Å². The van der Waals surface area contributed by atoms with E-state index in [0.29, 0.717) is 17.1 Å². The smallest absolute Gasteiger partial charge is 0.337 e. The second-order valence-corrected chi connectivity index (χ2v) is 4.52. The largest absolute Gasteiger partial charge is 0.493 e. The summed E-state index contributed by atoms with van der Waals surface area (Å²) in [5.74, 6) is 0.0940.